The summed E-state index contributed by atoms with van der Waals surface area (Å²) < 4.78 is 8.32. The molecule has 0 saturated carbocycles. The van der Waals surface area contributed by atoms with Crippen molar-refractivity contribution in [3.8, 4) is 5.75 Å². The van der Waals surface area contributed by atoms with E-state index in [1.165, 1.54) is 12.0 Å². The van der Waals surface area contributed by atoms with E-state index in [4.69, 9.17) is 32.9 Å². The topological polar surface area (TPSA) is 39.1 Å². The highest BCUT2D eigenvalue weighted by Gasteiger charge is 2.15. The van der Waals surface area contributed by atoms with Crippen molar-refractivity contribution in [2.24, 2.45) is 0 Å². The van der Waals surface area contributed by atoms with E-state index >= 15 is 0 Å². The number of fused-ring (bicyclic) bond motifs is 2. The Hall–Kier alpha value is -2.69. The van der Waals surface area contributed by atoms with Crippen molar-refractivity contribution < 1.29 is 4.74 Å². The highest BCUT2D eigenvalue weighted by atomic mass is 35.5. The Kier molecular flexibility index (Phi) is 6.48. The Labute approximate surface area is 204 Å². The zero-order valence-corrected chi connectivity index (χ0v) is 20.2. The lowest BCUT2D eigenvalue weighted by Gasteiger charge is -2.18. The van der Waals surface area contributed by atoms with Gasteiger partial charge in [-0.05, 0) is 73.4 Å². The summed E-state index contributed by atoms with van der Waals surface area (Å²) >= 11 is 12.5. The Morgan fingerprint density at radius 3 is 2.97 bits per heavy atom. The maximum atomic E-state index is 6.31. The smallest absolute Gasteiger partial charge is 0.129 e. The average Bonchev–Trinajstić information content (AvgIpc) is 3.16. The number of allylic oxidation sites excluding steroid dienone is 6. The standard InChI is InChI=1S/C27H27Cl2N3O/c1-18(20-4-6-22(28)17-23(29)15-20)32-13-10-21-16-25(8-9-26(21)32)33-14-11-24-7-5-19-3-2-12-30-27(19)31-24/h4-5,7-10,13,15-18H,2-3,6,11-12,14H2,1H3,(H,30,31). The minimum atomic E-state index is 0.141. The maximum absolute atomic E-state index is 6.31. The van der Waals surface area contributed by atoms with Crippen molar-refractivity contribution >= 4 is 39.9 Å². The van der Waals surface area contributed by atoms with Gasteiger partial charge in [0.15, 0.2) is 0 Å². The van der Waals surface area contributed by atoms with Crippen LogP contribution in [-0.4, -0.2) is 22.7 Å². The van der Waals surface area contributed by atoms with Crippen LogP contribution in [0, 0.1) is 0 Å². The highest BCUT2D eigenvalue weighted by molar-refractivity contribution is 6.34. The van der Waals surface area contributed by atoms with Crippen LogP contribution in [0.5, 0.6) is 5.75 Å². The molecule has 0 bridgehead atoms. The van der Waals surface area contributed by atoms with Gasteiger partial charge in [0.2, 0.25) is 0 Å². The summed E-state index contributed by atoms with van der Waals surface area (Å²) in [6.45, 7) is 3.78. The first-order valence-corrected chi connectivity index (χ1v) is 12.2. The number of aryl methyl sites for hydroxylation is 1. The van der Waals surface area contributed by atoms with E-state index in [1.54, 1.807) is 0 Å². The van der Waals surface area contributed by atoms with Gasteiger partial charge in [-0.1, -0.05) is 35.3 Å². The molecule has 4 nitrogen and oxygen atoms in total. The van der Waals surface area contributed by atoms with Crippen LogP contribution in [0.4, 0.5) is 5.82 Å². The normalized spacial score (nSPS) is 16.8. The van der Waals surface area contributed by atoms with Gasteiger partial charge in [-0.25, -0.2) is 4.98 Å². The summed E-state index contributed by atoms with van der Waals surface area (Å²) in [6.07, 6.45) is 11.8. The number of pyridine rings is 1. The first kappa shape index (κ1) is 22.1. The van der Waals surface area contributed by atoms with Crippen molar-refractivity contribution in [1.29, 1.82) is 0 Å². The first-order valence-electron chi connectivity index (χ1n) is 11.5. The lowest BCUT2D eigenvalue weighted by Crippen LogP contribution is -2.14. The molecule has 5 rings (SSSR count). The number of benzene rings is 1. The molecule has 0 fully saturated rings. The first-order chi connectivity index (χ1) is 16.1. The van der Waals surface area contributed by atoms with Gasteiger partial charge >= 0.3 is 0 Å². The van der Waals surface area contributed by atoms with Gasteiger partial charge in [-0.2, -0.15) is 0 Å². The van der Waals surface area contributed by atoms with E-state index in [0.29, 0.717) is 18.1 Å². The third kappa shape index (κ3) is 4.97. The largest absolute Gasteiger partial charge is 0.493 e. The van der Waals surface area contributed by atoms with Gasteiger partial charge in [0.1, 0.15) is 11.6 Å². The average molecular weight is 480 g/mol. The van der Waals surface area contributed by atoms with Gasteiger partial charge in [0.25, 0.3) is 0 Å². The quantitative estimate of drug-likeness (QED) is 0.407. The molecule has 6 heteroatoms. The van der Waals surface area contributed by atoms with Crippen molar-refractivity contribution in [1.82, 2.24) is 9.55 Å². The number of ether oxygens (including phenoxy) is 1. The van der Waals surface area contributed by atoms with Crippen molar-refractivity contribution in [3.63, 3.8) is 0 Å². The number of hydrogen-bond donors (Lipinski definition) is 1. The van der Waals surface area contributed by atoms with Crippen LogP contribution < -0.4 is 10.1 Å². The fraction of sp³-hybridized carbons (Fsp3) is 0.296. The number of nitrogens with zero attached hydrogens (tertiary/aromatic N) is 2. The predicted molar refractivity (Wildman–Crippen MR) is 137 cm³/mol. The molecule has 1 N–H and O–H groups in total. The van der Waals surface area contributed by atoms with Gasteiger partial charge in [0, 0.05) is 52.2 Å². The molecule has 2 aliphatic rings. The summed E-state index contributed by atoms with van der Waals surface area (Å²) in [5.41, 5.74) is 4.68. The zero-order valence-electron chi connectivity index (χ0n) is 18.7. The van der Waals surface area contributed by atoms with Gasteiger partial charge in [0.05, 0.1) is 12.6 Å². The fourth-order valence-electron chi connectivity index (χ4n) is 4.49. The monoisotopic (exact) mass is 479 g/mol. The molecule has 0 amide bonds. The fourth-order valence-corrected chi connectivity index (χ4v) is 4.99. The molecule has 0 saturated heterocycles. The van der Waals surface area contributed by atoms with Crippen molar-refractivity contribution in [2.45, 2.75) is 38.6 Å². The van der Waals surface area contributed by atoms with Crippen LogP contribution in [0.15, 0.2) is 76.5 Å². The molecule has 1 aromatic carbocycles. The third-order valence-corrected chi connectivity index (χ3v) is 6.78. The second kappa shape index (κ2) is 9.66. The number of anilines is 1. The van der Waals surface area contributed by atoms with E-state index in [0.717, 1.165) is 58.2 Å². The molecule has 1 atom stereocenters. The lowest BCUT2D eigenvalue weighted by atomic mass is 10.1. The van der Waals surface area contributed by atoms with Gasteiger partial charge in [-0.3, -0.25) is 0 Å². The summed E-state index contributed by atoms with van der Waals surface area (Å²) in [7, 11) is 0. The molecular weight excluding hydrogens is 453 g/mol. The molecule has 1 aliphatic heterocycles. The van der Waals surface area contributed by atoms with E-state index in [2.05, 4.69) is 59.4 Å². The number of rotatable bonds is 6. The van der Waals surface area contributed by atoms with E-state index in [-0.39, 0.29) is 6.04 Å². The Bertz CT molecular complexity index is 1270. The van der Waals surface area contributed by atoms with E-state index in [1.807, 2.05) is 18.2 Å². The minimum absolute atomic E-state index is 0.141. The van der Waals surface area contributed by atoms with E-state index < -0.39 is 0 Å². The van der Waals surface area contributed by atoms with Crippen molar-refractivity contribution in [2.75, 3.05) is 18.5 Å². The third-order valence-electron chi connectivity index (χ3n) is 6.30. The van der Waals surface area contributed by atoms with Crippen LogP contribution in [0.2, 0.25) is 0 Å². The van der Waals surface area contributed by atoms with Gasteiger partial charge < -0.3 is 14.6 Å². The number of nitrogens with one attached hydrogen (secondary N) is 1. The van der Waals surface area contributed by atoms with Crippen LogP contribution in [-0.2, 0) is 12.8 Å². The Morgan fingerprint density at radius 2 is 2.06 bits per heavy atom. The van der Waals surface area contributed by atoms with Crippen LogP contribution >= 0.6 is 23.2 Å². The molecule has 33 heavy (non-hydrogen) atoms. The maximum Gasteiger partial charge on any atom is 0.129 e. The summed E-state index contributed by atoms with van der Waals surface area (Å²) in [5.74, 6) is 1.91. The van der Waals surface area contributed by atoms with Crippen LogP contribution in [0.25, 0.3) is 10.9 Å². The predicted octanol–water partition coefficient (Wildman–Crippen LogP) is 7.15. The molecule has 2 aromatic heterocycles. The highest BCUT2D eigenvalue weighted by Crippen LogP contribution is 2.31. The Balaban J connectivity index is 1.26. The zero-order chi connectivity index (χ0) is 22.8. The molecule has 3 heterocycles. The molecule has 0 spiro atoms. The molecule has 1 unspecified atom stereocenters. The molecule has 0 radical (unpaired) electrons. The lowest BCUT2D eigenvalue weighted by molar-refractivity contribution is 0.321. The van der Waals surface area contributed by atoms with Gasteiger partial charge in [-0.15, -0.1) is 0 Å². The van der Waals surface area contributed by atoms with Crippen molar-refractivity contribution in [3.05, 3.63) is 87.7 Å². The minimum Gasteiger partial charge on any atom is -0.493 e. The summed E-state index contributed by atoms with van der Waals surface area (Å²) in [6, 6.07) is 12.8. The summed E-state index contributed by atoms with van der Waals surface area (Å²) in [4.78, 5) is 4.75. The molecule has 170 valence electrons. The summed E-state index contributed by atoms with van der Waals surface area (Å²) in [5, 5.41) is 5.95. The second-order valence-corrected chi connectivity index (χ2v) is 9.51. The number of aromatic nitrogens is 2. The van der Waals surface area contributed by atoms with Crippen LogP contribution in [0.1, 0.15) is 37.1 Å². The second-order valence-electron chi connectivity index (χ2n) is 8.59. The molecular formula is C27H27Cl2N3O. The Morgan fingerprint density at radius 1 is 1.15 bits per heavy atom. The van der Waals surface area contributed by atoms with E-state index in [9.17, 15) is 0 Å². The SMILES string of the molecule is CC(C1=CCC(Cl)=CC(Cl)=C1)n1ccc2cc(OCCc3ccc4c(n3)NCCC4)ccc21. The van der Waals surface area contributed by atoms with Crippen LogP contribution in [0.3, 0.4) is 0 Å². The number of halogens is 2. The number of hydrogen-bond acceptors (Lipinski definition) is 3. The molecule has 3 aromatic rings. The molecule has 1 aliphatic carbocycles.